The Labute approximate surface area is 485 Å². The van der Waals surface area contributed by atoms with Crippen LogP contribution in [0.15, 0.2) is 0 Å². The average Bonchev–Trinajstić information content (AvgIpc) is 3.29. The number of benzene rings is 2. The van der Waals surface area contributed by atoms with Crippen LogP contribution in [0.1, 0.15) is 55.3 Å². The van der Waals surface area contributed by atoms with Crippen LogP contribution in [0.25, 0.3) is 0 Å². The number of aliphatic hydroxyl groups excluding tert-OH is 11. The maximum atomic E-state index is 14.2. The normalized spacial score (nSPS) is 12.6. The lowest BCUT2D eigenvalue weighted by atomic mass is 10.0. The van der Waals surface area contributed by atoms with E-state index in [9.17, 15) is 84.9 Å². The van der Waals surface area contributed by atoms with E-state index in [-0.39, 0.29) is 107 Å². The Balaban J connectivity index is 2.91. The van der Waals surface area contributed by atoms with E-state index >= 15 is 0 Å². The fourth-order valence-corrected chi connectivity index (χ4v) is 16.3. The Bertz CT molecular complexity index is 1900. The van der Waals surface area contributed by atoms with Gasteiger partial charge in [-0.05, 0) is 136 Å². The molecule has 11 N–H and O–H groups in total. The fourth-order valence-electron chi connectivity index (χ4n) is 6.99. The second-order valence-electron chi connectivity index (χ2n) is 14.9. The zero-order valence-corrected chi connectivity index (χ0v) is 50.7. The highest BCUT2D eigenvalue weighted by Crippen LogP contribution is 2.41. The van der Waals surface area contributed by atoms with E-state index in [4.69, 9.17) is 0 Å². The highest BCUT2D eigenvalue weighted by Gasteiger charge is 2.39. The van der Waals surface area contributed by atoms with Gasteiger partial charge in [-0.3, -0.25) is 28.8 Å². The summed E-state index contributed by atoms with van der Waals surface area (Å²) in [6.45, 7) is -5.32. The van der Waals surface area contributed by atoms with Gasteiger partial charge in [-0.15, -0.1) is 0 Å². The quantitative estimate of drug-likeness (QED) is 0.0433. The van der Waals surface area contributed by atoms with E-state index < -0.39 is 120 Å². The van der Waals surface area contributed by atoms with Gasteiger partial charge in [0.2, 0.25) is 11.8 Å². The molecule has 2 aromatic rings. The van der Waals surface area contributed by atoms with Crippen molar-refractivity contribution in [1.29, 1.82) is 0 Å². The molecule has 2 unspecified atom stereocenters. The average molecular weight is 1670 g/mol. The molecular weight excluding hydrogens is 1610 g/mol. The Hall–Kier alpha value is -0.800. The van der Waals surface area contributed by atoms with Gasteiger partial charge in [-0.25, -0.2) is 0 Å². The molecule has 0 aliphatic heterocycles. The van der Waals surface area contributed by atoms with Gasteiger partial charge >= 0.3 is 0 Å². The van der Waals surface area contributed by atoms with Crippen LogP contribution in [-0.2, 0) is 9.59 Å². The second kappa shape index (κ2) is 31.9. The summed E-state index contributed by atoms with van der Waals surface area (Å²) < 4.78 is 0.421. The molecule has 0 aliphatic rings. The molecular formula is C41H56I6N6O17. The summed E-state index contributed by atoms with van der Waals surface area (Å²) in [5.74, 6) is -4.61. The van der Waals surface area contributed by atoms with Gasteiger partial charge in [0.05, 0.1) is 114 Å². The molecule has 0 aliphatic carbocycles. The Morgan fingerprint density at radius 1 is 0.371 bits per heavy atom. The van der Waals surface area contributed by atoms with Crippen LogP contribution in [0.5, 0.6) is 0 Å². The smallest absolute Gasteiger partial charge is 0.256 e. The number of rotatable bonds is 28. The number of carbonyl (C=O) groups excluding carboxylic acids is 6. The monoisotopic (exact) mass is 1670 g/mol. The van der Waals surface area contributed by atoms with E-state index in [0.717, 1.165) is 43.2 Å². The van der Waals surface area contributed by atoms with Crippen molar-refractivity contribution in [3.63, 3.8) is 0 Å². The van der Waals surface area contributed by atoms with Gasteiger partial charge in [-0.1, -0.05) is 0 Å². The third kappa shape index (κ3) is 16.1. The minimum absolute atomic E-state index is 0.0662. The van der Waals surface area contributed by atoms with Crippen LogP contribution in [0.4, 0.5) is 11.4 Å². The van der Waals surface area contributed by atoms with Crippen molar-refractivity contribution in [3.05, 3.63) is 43.7 Å². The van der Waals surface area contributed by atoms with Crippen molar-refractivity contribution >= 4 is 182 Å². The summed E-state index contributed by atoms with van der Waals surface area (Å²) in [5, 5.41) is 113. The van der Waals surface area contributed by atoms with Gasteiger partial charge in [0.1, 0.15) is 18.3 Å². The summed E-state index contributed by atoms with van der Waals surface area (Å²) in [6, 6.07) is 0. The fraction of sp³-hybridized carbons (Fsp3) is 0.561. The highest BCUT2D eigenvalue weighted by atomic mass is 127. The summed E-state index contributed by atoms with van der Waals surface area (Å²) in [4.78, 5) is 90.6. The number of carbonyl (C=O) groups is 6. The molecule has 0 bridgehead atoms. The summed E-state index contributed by atoms with van der Waals surface area (Å²) in [5.41, 5.74) is -0.763. The van der Waals surface area contributed by atoms with Crippen LogP contribution >= 0.6 is 136 Å². The zero-order chi connectivity index (χ0) is 53.3. The van der Waals surface area contributed by atoms with E-state index in [2.05, 4.69) is 0 Å². The van der Waals surface area contributed by atoms with E-state index in [0.29, 0.717) is 0 Å². The van der Waals surface area contributed by atoms with Crippen molar-refractivity contribution < 1.29 is 84.9 Å². The van der Waals surface area contributed by atoms with Crippen molar-refractivity contribution in [2.75, 3.05) is 128 Å². The van der Waals surface area contributed by atoms with Gasteiger partial charge in [0.15, 0.2) is 0 Å². The maximum Gasteiger partial charge on any atom is 0.256 e. The molecule has 0 saturated heterocycles. The number of nitrogens with zero attached hydrogens (tertiary/aromatic N) is 6. The maximum absolute atomic E-state index is 14.2. The Morgan fingerprint density at radius 3 is 0.714 bits per heavy atom. The Kier molecular flexibility index (Phi) is 29.8. The van der Waals surface area contributed by atoms with E-state index in [1.165, 1.54) is 0 Å². The molecule has 6 amide bonds. The SMILES string of the molecule is CC(=O)N(CC(O)C(O)C(O)CN(C(C)=O)c1c(I)c(C(=O)N(CCO)CCO)c(I)c(C(=O)N(CCO)CCO)c1I)c1c(I)c(C(=O)N(CCO)CCO)c(I)c(C(=O)N(CCO)CCO)c1I. The number of amides is 6. The van der Waals surface area contributed by atoms with Crippen LogP contribution < -0.4 is 9.80 Å². The summed E-state index contributed by atoms with van der Waals surface area (Å²) >= 11 is 10.6. The standard InChI is InChI=1S/C41H56I6N6O17/c1-21(62)52(35-31(44)25(38(67)48(3-11-54)4-12-55)29(42)26(32(35)45)39(68)49(5-13-56)6-14-57)19-23(64)37(66)24(65)20-53(22(2)63)36-33(46)27(40(69)50(7-15-58)8-16-59)30(43)28(34(36)47)41(70)51(9-17-60)10-18-61/h23-24,37,54-61,64-66H,3-20H2,1-2H3. The van der Waals surface area contributed by atoms with Crippen LogP contribution in [0, 0.1) is 21.4 Å². The molecule has 2 aromatic carbocycles. The van der Waals surface area contributed by atoms with Crippen LogP contribution in [-0.4, -0.2) is 248 Å². The molecule has 29 heteroatoms. The van der Waals surface area contributed by atoms with Gasteiger partial charge in [0, 0.05) is 73.3 Å². The molecule has 70 heavy (non-hydrogen) atoms. The second-order valence-corrected chi connectivity index (χ2v) is 21.4. The molecule has 0 aromatic heterocycles. The molecule has 394 valence electrons. The van der Waals surface area contributed by atoms with Crippen molar-refractivity contribution in [3.8, 4) is 0 Å². The predicted molar refractivity (Wildman–Crippen MR) is 304 cm³/mol. The lowest BCUT2D eigenvalue weighted by Gasteiger charge is -2.34. The van der Waals surface area contributed by atoms with Crippen LogP contribution in [0.3, 0.4) is 0 Å². The summed E-state index contributed by atoms with van der Waals surface area (Å²) in [6.07, 6.45) is -6.26. The first-order chi connectivity index (χ1) is 33.0. The van der Waals surface area contributed by atoms with Crippen molar-refractivity contribution in [2.24, 2.45) is 0 Å². The lowest BCUT2D eigenvalue weighted by molar-refractivity contribution is -0.117. The van der Waals surface area contributed by atoms with Gasteiger partial charge < -0.3 is 85.6 Å². The molecule has 0 saturated carbocycles. The number of anilines is 2. The van der Waals surface area contributed by atoms with E-state index in [1.54, 1.807) is 136 Å². The third-order valence-electron chi connectivity index (χ3n) is 10.4. The summed E-state index contributed by atoms with van der Waals surface area (Å²) in [7, 11) is 0. The molecule has 0 heterocycles. The minimum atomic E-state index is -2.17. The van der Waals surface area contributed by atoms with Gasteiger partial charge in [-0.2, -0.15) is 0 Å². The lowest BCUT2D eigenvalue weighted by Crippen LogP contribution is -2.51. The molecule has 0 radical (unpaired) electrons. The molecule has 2 atom stereocenters. The Morgan fingerprint density at radius 2 is 0.557 bits per heavy atom. The van der Waals surface area contributed by atoms with E-state index in [1.807, 2.05) is 0 Å². The van der Waals surface area contributed by atoms with Crippen molar-refractivity contribution in [1.82, 2.24) is 19.6 Å². The topological polar surface area (TPSA) is 344 Å². The third-order valence-corrected chi connectivity index (χ3v) is 16.7. The molecule has 2 rings (SSSR count). The number of aliphatic hydroxyl groups is 11. The number of hydrogen-bond donors (Lipinski definition) is 11. The highest BCUT2D eigenvalue weighted by molar-refractivity contribution is 14.1. The number of halogens is 6. The molecule has 23 nitrogen and oxygen atoms in total. The number of hydrogen-bond acceptors (Lipinski definition) is 17. The molecule has 0 fully saturated rings. The van der Waals surface area contributed by atoms with Gasteiger partial charge in [0.25, 0.3) is 23.6 Å². The predicted octanol–water partition coefficient (Wildman–Crippen LogP) is -1.49. The first-order valence-electron chi connectivity index (χ1n) is 21.1. The zero-order valence-electron chi connectivity index (χ0n) is 37.8. The van der Waals surface area contributed by atoms with Crippen molar-refractivity contribution in [2.45, 2.75) is 32.2 Å². The first kappa shape index (κ1) is 65.3. The molecule has 0 spiro atoms. The first-order valence-corrected chi connectivity index (χ1v) is 27.6. The largest absolute Gasteiger partial charge is 0.395 e. The van der Waals surface area contributed by atoms with Crippen LogP contribution in [0.2, 0.25) is 0 Å². The minimum Gasteiger partial charge on any atom is -0.395 e.